The lowest BCUT2D eigenvalue weighted by molar-refractivity contribution is 0.0979. The summed E-state index contributed by atoms with van der Waals surface area (Å²) in [6.45, 7) is 2.13. The summed E-state index contributed by atoms with van der Waals surface area (Å²) in [6.07, 6.45) is 3.73. The van der Waals surface area contributed by atoms with E-state index in [1.165, 1.54) is 0 Å². The maximum absolute atomic E-state index is 12.2. The van der Waals surface area contributed by atoms with Gasteiger partial charge in [0, 0.05) is 31.8 Å². The van der Waals surface area contributed by atoms with Crippen molar-refractivity contribution in [2.45, 2.75) is 32.6 Å². The van der Waals surface area contributed by atoms with Crippen LogP contribution in [0, 0.1) is 0 Å². The summed E-state index contributed by atoms with van der Waals surface area (Å²) in [4.78, 5) is 14.2. The second-order valence-electron chi connectivity index (χ2n) is 7.75. The Balaban J connectivity index is 1.56. The molecular weight excluding hydrogens is 398 g/mol. The van der Waals surface area contributed by atoms with Crippen LogP contribution >= 0.6 is 0 Å². The highest BCUT2D eigenvalue weighted by Crippen LogP contribution is 2.24. The predicted octanol–water partition coefficient (Wildman–Crippen LogP) is 8.35. The van der Waals surface area contributed by atoms with Crippen molar-refractivity contribution in [3.05, 3.63) is 78.4 Å². The highest BCUT2D eigenvalue weighted by Gasteiger charge is 2.05. The zero-order chi connectivity index (χ0) is 22.8. The van der Waals surface area contributed by atoms with E-state index in [0.29, 0.717) is 12.1 Å². The lowest BCUT2D eigenvalue weighted by atomic mass is 10.0. The Kier molecular flexibility index (Phi) is 8.37. The van der Waals surface area contributed by atoms with Crippen molar-refractivity contribution < 1.29 is 4.79 Å². The number of carbonyl (C=O) groups is 1. The minimum atomic E-state index is 0.181. The number of ketones is 1. The Morgan fingerprint density at radius 2 is 1.06 bits per heavy atom. The average molecular weight is 428 g/mol. The number of hydrogen-bond acceptors (Lipinski definition) is 6. The molecule has 0 spiro atoms. The summed E-state index contributed by atoms with van der Waals surface area (Å²) >= 11 is 0. The lowest BCUT2D eigenvalue weighted by Gasteiger charge is -2.11. The van der Waals surface area contributed by atoms with Crippen LogP contribution in [0.15, 0.2) is 93.3 Å². The normalized spacial score (nSPS) is 11.3. The van der Waals surface area contributed by atoms with E-state index < -0.39 is 0 Å². The van der Waals surface area contributed by atoms with E-state index in [9.17, 15) is 4.79 Å². The zero-order valence-electron chi connectivity index (χ0n) is 18.9. The topological polar surface area (TPSA) is 69.7 Å². The van der Waals surface area contributed by atoms with Gasteiger partial charge in [-0.2, -0.15) is 20.5 Å². The lowest BCUT2D eigenvalue weighted by Crippen LogP contribution is -2.07. The van der Waals surface area contributed by atoms with Gasteiger partial charge in [0.15, 0.2) is 5.78 Å². The van der Waals surface area contributed by atoms with Crippen LogP contribution < -0.4 is 4.90 Å². The average Bonchev–Trinajstić information content (AvgIpc) is 2.82. The van der Waals surface area contributed by atoms with E-state index in [1.54, 1.807) is 0 Å². The number of anilines is 1. The van der Waals surface area contributed by atoms with Gasteiger partial charge in [-0.3, -0.25) is 4.79 Å². The molecule has 0 saturated heterocycles. The number of nitrogens with zero attached hydrogens (tertiary/aromatic N) is 5. The van der Waals surface area contributed by atoms with Gasteiger partial charge in [-0.1, -0.05) is 19.8 Å². The fourth-order valence-electron chi connectivity index (χ4n) is 3.03. The van der Waals surface area contributed by atoms with Crippen molar-refractivity contribution >= 4 is 34.2 Å². The standard InChI is InChI=1S/C26H29N5O/c1-4-5-6-7-26(32)20-8-10-21(11-9-20)27-28-22-12-14-23(15-13-22)29-30-24-16-18-25(19-17-24)31(2)3/h8-19H,4-7H2,1-3H3. The maximum atomic E-state index is 12.2. The first-order valence-corrected chi connectivity index (χ1v) is 10.9. The summed E-state index contributed by atoms with van der Waals surface area (Å²) in [5.41, 5.74) is 4.82. The molecular formula is C26H29N5O. The van der Waals surface area contributed by atoms with Gasteiger partial charge < -0.3 is 4.90 Å². The molecule has 0 heterocycles. The molecule has 0 N–H and O–H groups in total. The highest BCUT2D eigenvalue weighted by atomic mass is 16.1. The van der Waals surface area contributed by atoms with E-state index in [4.69, 9.17) is 0 Å². The van der Waals surface area contributed by atoms with Crippen LogP contribution in [0.2, 0.25) is 0 Å². The summed E-state index contributed by atoms with van der Waals surface area (Å²) in [7, 11) is 4.00. The molecule has 6 heteroatoms. The van der Waals surface area contributed by atoms with Crippen molar-refractivity contribution in [3.8, 4) is 0 Å². The van der Waals surface area contributed by atoms with Crippen LogP contribution in [-0.2, 0) is 0 Å². The Morgan fingerprint density at radius 1 is 0.656 bits per heavy atom. The molecule has 0 aliphatic heterocycles. The van der Waals surface area contributed by atoms with E-state index in [2.05, 4.69) is 27.4 Å². The van der Waals surface area contributed by atoms with Gasteiger partial charge >= 0.3 is 0 Å². The predicted molar refractivity (Wildman–Crippen MR) is 130 cm³/mol. The molecule has 0 aliphatic rings. The largest absolute Gasteiger partial charge is 0.378 e. The molecule has 6 nitrogen and oxygen atoms in total. The van der Waals surface area contributed by atoms with E-state index in [-0.39, 0.29) is 5.78 Å². The van der Waals surface area contributed by atoms with E-state index in [1.807, 2.05) is 91.8 Å². The van der Waals surface area contributed by atoms with E-state index >= 15 is 0 Å². The monoisotopic (exact) mass is 427 g/mol. The third kappa shape index (κ3) is 6.94. The Bertz CT molecular complexity index is 1050. The first-order chi connectivity index (χ1) is 15.5. The molecule has 0 atom stereocenters. The van der Waals surface area contributed by atoms with Crippen LogP contribution in [0.5, 0.6) is 0 Å². The molecule has 0 radical (unpaired) electrons. The smallest absolute Gasteiger partial charge is 0.162 e. The van der Waals surface area contributed by atoms with Gasteiger partial charge in [-0.25, -0.2) is 0 Å². The minimum Gasteiger partial charge on any atom is -0.378 e. The maximum Gasteiger partial charge on any atom is 0.162 e. The Labute approximate surface area is 189 Å². The number of carbonyl (C=O) groups excluding carboxylic acids is 1. The van der Waals surface area contributed by atoms with Crippen LogP contribution in [0.3, 0.4) is 0 Å². The fraction of sp³-hybridized carbons (Fsp3) is 0.269. The van der Waals surface area contributed by atoms with Crippen LogP contribution in [-0.4, -0.2) is 19.9 Å². The summed E-state index contributed by atoms with van der Waals surface area (Å²) < 4.78 is 0. The molecule has 0 amide bonds. The summed E-state index contributed by atoms with van der Waals surface area (Å²) in [5.74, 6) is 0.181. The van der Waals surface area contributed by atoms with Crippen molar-refractivity contribution in [3.63, 3.8) is 0 Å². The van der Waals surface area contributed by atoms with Crippen molar-refractivity contribution in [2.75, 3.05) is 19.0 Å². The van der Waals surface area contributed by atoms with Crippen molar-refractivity contribution in [1.29, 1.82) is 0 Å². The number of hydrogen-bond donors (Lipinski definition) is 0. The molecule has 3 aromatic rings. The molecule has 3 rings (SSSR count). The third-order valence-electron chi connectivity index (χ3n) is 4.97. The van der Waals surface area contributed by atoms with Gasteiger partial charge in [-0.15, -0.1) is 0 Å². The first kappa shape index (κ1) is 23.0. The molecule has 0 saturated carbocycles. The molecule has 32 heavy (non-hydrogen) atoms. The zero-order valence-corrected chi connectivity index (χ0v) is 18.9. The molecule has 0 fully saturated rings. The Morgan fingerprint density at radius 3 is 1.47 bits per heavy atom. The quantitative estimate of drug-likeness (QED) is 0.185. The summed E-state index contributed by atoms with van der Waals surface area (Å²) in [6, 6.07) is 22.6. The number of Topliss-reactive ketones (excluding diaryl/α,β-unsaturated/α-hetero) is 1. The van der Waals surface area contributed by atoms with Crippen LogP contribution in [0.1, 0.15) is 43.0 Å². The van der Waals surface area contributed by atoms with Crippen molar-refractivity contribution in [1.82, 2.24) is 0 Å². The van der Waals surface area contributed by atoms with Crippen molar-refractivity contribution in [2.24, 2.45) is 20.5 Å². The van der Waals surface area contributed by atoms with Gasteiger partial charge in [0.25, 0.3) is 0 Å². The molecule has 0 bridgehead atoms. The molecule has 0 aliphatic carbocycles. The van der Waals surface area contributed by atoms with Gasteiger partial charge in [0.05, 0.1) is 22.7 Å². The van der Waals surface area contributed by atoms with E-state index in [0.717, 1.165) is 47.6 Å². The molecule has 3 aromatic carbocycles. The van der Waals surface area contributed by atoms with Gasteiger partial charge in [-0.05, 0) is 79.2 Å². The molecule has 164 valence electrons. The number of rotatable bonds is 10. The highest BCUT2D eigenvalue weighted by molar-refractivity contribution is 5.96. The molecule has 0 aromatic heterocycles. The second-order valence-corrected chi connectivity index (χ2v) is 7.75. The Hall–Kier alpha value is -3.67. The summed E-state index contributed by atoms with van der Waals surface area (Å²) in [5, 5.41) is 17.1. The fourth-order valence-corrected chi connectivity index (χ4v) is 3.03. The first-order valence-electron chi connectivity index (χ1n) is 10.9. The number of azo groups is 2. The SMILES string of the molecule is CCCCCC(=O)c1ccc(N=Nc2ccc(N=Nc3ccc(N(C)C)cc3)cc2)cc1. The van der Waals surface area contributed by atoms with Crippen LogP contribution in [0.4, 0.5) is 28.4 Å². The minimum absolute atomic E-state index is 0.181. The second kappa shape index (κ2) is 11.6. The molecule has 0 unspecified atom stereocenters. The number of benzene rings is 3. The van der Waals surface area contributed by atoms with Gasteiger partial charge in [0.2, 0.25) is 0 Å². The third-order valence-corrected chi connectivity index (χ3v) is 4.97. The van der Waals surface area contributed by atoms with Crippen LogP contribution in [0.25, 0.3) is 0 Å². The van der Waals surface area contributed by atoms with Gasteiger partial charge in [0.1, 0.15) is 0 Å². The number of unbranched alkanes of at least 4 members (excludes halogenated alkanes) is 2.